The minimum Gasteiger partial charge on any atom is -0.497 e. The van der Waals surface area contributed by atoms with Crippen molar-refractivity contribution in [3.05, 3.63) is 191 Å². The summed E-state index contributed by atoms with van der Waals surface area (Å²) in [4.78, 5) is 90.9. The molecule has 0 atom stereocenters. The largest absolute Gasteiger partial charge is 0.497 e. The van der Waals surface area contributed by atoms with Crippen molar-refractivity contribution >= 4 is 120 Å². The Labute approximate surface area is 673 Å². The average molecular weight is 1570 g/mol. The first-order chi connectivity index (χ1) is 56.4. The van der Waals surface area contributed by atoms with Crippen molar-refractivity contribution in [2.45, 2.75) is 25.7 Å². The number of likely N-dealkylation sites (tertiary alicyclic amines) is 2. The first-order valence-corrected chi connectivity index (χ1v) is 37.8. The highest BCUT2D eigenvalue weighted by Gasteiger charge is 2.24. The number of amides is 3. The summed E-state index contributed by atoms with van der Waals surface area (Å²) in [6.45, 7) is 20.4. The number of nitrogens with one attached hydrogen (secondary N) is 6. The van der Waals surface area contributed by atoms with E-state index in [-0.39, 0.29) is 17.7 Å². The number of rotatable bonds is 32. The number of methoxy groups -OCH3 is 5. The predicted molar refractivity (Wildman–Crippen MR) is 458 cm³/mol. The lowest BCUT2D eigenvalue weighted by Crippen LogP contribution is -2.32. The lowest BCUT2D eigenvalue weighted by atomic mass is 10.2. The zero-order valence-corrected chi connectivity index (χ0v) is 67.0. The molecule has 6 aromatic carbocycles. The third-order valence-electron chi connectivity index (χ3n) is 19.7. The Bertz CT molecular complexity index is 5460. The van der Waals surface area contributed by atoms with Crippen LogP contribution >= 0.6 is 0 Å². The minimum atomic E-state index is -0.307. The number of nitrogens with zero attached hydrogens (tertiary/aromatic N) is 18. The molecule has 2 aliphatic rings. The van der Waals surface area contributed by atoms with Gasteiger partial charge in [-0.25, -0.2) is 29.9 Å². The predicted octanol–water partition coefficient (Wildman–Crippen LogP) is 12.2. The number of para-hydroxylation sites is 2. The van der Waals surface area contributed by atoms with E-state index in [2.05, 4.69) is 116 Å². The van der Waals surface area contributed by atoms with Gasteiger partial charge in [-0.15, -0.1) is 0 Å². The maximum absolute atomic E-state index is 12.3. The summed E-state index contributed by atoms with van der Waals surface area (Å²) in [5.74, 6) is 5.36. The minimum absolute atomic E-state index is 0.299. The number of hydrogen-bond donors (Lipinski definition) is 6. The van der Waals surface area contributed by atoms with E-state index < -0.39 is 0 Å². The Hall–Kier alpha value is -13.7. The van der Waals surface area contributed by atoms with Crippen molar-refractivity contribution < 1.29 is 38.1 Å². The Morgan fingerprint density at radius 3 is 1.17 bits per heavy atom. The fraction of sp³-hybridized carbons (Fsp3) is 0.286. The number of likely N-dealkylation sites (N-methyl/N-ethyl adjacent to an activating group) is 4. The summed E-state index contributed by atoms with van der Waals surface area (Å²) in [7, 11) is 18.1. The SMILES string of the molecule is C=CC(=O)Nc1cc(Nc2nccc(-n3cnc4cc(OC)ccc43)n2)c(OC)cc1N(C)CCN1CCCC1.C=CC(=O)Nc1cc(Nc2nccc(-n3cnc4ccc(OC)cc43)n2)c(OC)cc1N(C)CCN1CCCC1.C=CC(=O)Nc1cc(Nc2nccc(-n3cnc4ccccc43)n2)c(OC)cc1N(C)CCN(C)C. The maximum atomic E-state index is 12.3. The van der Waals surface area contributed by atoms with Crippen molar-refractivity contribution in [3.63, 3.8) is 0 Å². The number of benzene rings is 6. The van der Waals surface area contributed by atoms with Gasteiger partial charge in [0.15, 0.2) is 0 Å². The fourth-order valence-electron chi connectivity index (χ4n) is 13.3. The first kappa shape index (κ1) is 81.8. The van der Waals surface area contributed by atoms with E-state index in [9.17, 15) is 14.4 Å². The third kappa shape index (κ3) is 20.2. The van der Waals surface area contributed by atoms with Crippen LogP contribution in [-0.2, 0) is 14.4 Å². The van der Waals surface area contributed by atoms with Gasteiger partial charge in [0.25, 0.3) is 0 Å². The van der Waals surface area contributed by atoms with E-state index in [1.165, 1.54) is 43.9 Å². The van der Waals surface area contributed by atoms with Gasteiger partial charge < -0.3 is 85.0 Å². The van der Waals surface area contributed by atoms with Crippen LogP contribution in [0.15, 0.2) is 191 Å². The van der Waals surface area contributed by atoms with Gasteiger partial charge in [-0.2, -0.15) is 15.0 Å². The molecule has 116 heavy (non-hydrogen) atoms. The summed E-state index contributed by atoms with van der Waals surface area (Å²) in [6, 6.07) is 35.8. The average Bonchev–Trinajstić information content (AvgIpc) is 1.20. The molecule has 6 N–H and O–H groups in total. The smallest absolute Gasteiger partial charge is 0.247 e. The van der Waals surface area contributed by atoms with E-state index >= 15 is 0 Å². The van der Waals surface area contributed by atoms with Crippen molar-refractivity contribution in [1.82, 2.24) is 73.3 Å². The van der Waals surface area contributed by atoms with Crippen molar-refractivity contribution in [1.29, 1.82) is 0 Å². The Morgan fingerprint density at radius 1 is 0.397 bits per heavy atom. The molecule has 0 spiro atoms. The van der Waals surface area contributed by atoms with Crippen LogP contribution in [0.2, 0.25) is 0 Å². The zero-order chi connectivity index (χ0) is 81.8. The quantitative estimate of drug-likeness (QED) is 0.0213. The van der Waals surface area contributed by atoms with Crippen molar-refractivity contribution in [2.24, 2.45) is 0 Å². The monoisotopic (exact) mass is 1570 g/mol. The van der Waals surface area contributed by atoms with Gasteiger partial charge in [0, 0.05) is 109 Å². The third-order valence-corrected chi connectivity index (χ3v) is 19.7. The van der Waals surface area contributed by atoms with Crippen LogP contribution in [0.5, 0.6) is 28.7 Å². The molecule has 0 aliphatic carbocycles. The second-order valence-electron chi connectivity index (χ2n) is 27.6. The molecule has 32 heteroatoms. The van der Waals surface area contributed by atoms with Crippen LogP contribution in [-0.4, -0.2) is 227 Å². The van der Waals surface area contributed by atoms with Crippen LogP contribution in [0.1, 0.15) is 25.7 Å². The van der Waals surface area contributed by atoms with Gasteiger partial charge >= 0.3 is 0 Å². The first-order valence-electron chi connectivity index (χ1n) is 37.8. The molecule has 602 valence electrons. The van der Waals surface area contributed by atoms with Crippen molar-refractivity contribution in [2.75, 3.05) is 183 Å². The number of fused-ring (bicyclic) bond motifs is 3. The summed E-state index contributed by atoms with van der Waals surface area (Å²) in [5.41, 5.74) is 11.4. The van der Waals surface area contributed by atoms with E-state index in [1.807, 2.05) is 158 Å². The number of ether oxygens (including phenoxy) is 5. The van der Waals surface area contributed by atoms with Gasteiger partial charge in [-0.3, -0.25) is 28.1 Å². The highest BCUT2D eigenvalue weighted by molar-refractivity contribution is 6.04. The number of imidazole rings is 3. The molecule has 2 aliphatic heterocycles. The highest BCUT2D eigenvalue weighted by Crippen LogP contribution is 2.42. The lowest BCUT2D eigenvalue weighted by Gasteiger charge is -2.26. The molecule has 0 bridgehead atoms. The molecular weight excluding hydrogens is 1470 g/mol. The summed E-state index contributed by atoms with van der Waals surface area (Å²) >= 11 is 0. The zero-order valence-electron chi connectivity index (χ0n) is 67.0. The second kappa shape index (κ2) is 38.7. The normalized spacial score (nSPS) is 12.5. The van der Waals surface area contributed by atoms with Gasteiger partial charge in [0.2, 0.25) is 35.6 Å². The molecule has 8 heterocycles. The molecule has 2 fully saturated rings. The molecular formula is C84H98N24O8. The molecule has 2 saturated heterocycles. The fourth-order valence-corrected chi connectivity index (χ4v) is 13.3. The maximum Gasteiger partial charge on any atom is 0.247 e. The number of hydrogen-bond acceptors (Lipinski definition) is 26. The standard InChI is InChI=1S/2C29H34N8O3.C26H30N8O2/c1-5-28(38)32-22-17-23(26(40-4)18-25(22)35(2)14-15-36-12-6-7-13-36)33-29-30-11-10-27(34-29)37-19-31-21-16-20(39-3)8-9-24(21)37;1-5-28(38)32-22-17-23(26(40-4)18-24(22)35(2)14-15-36-12-6-7-13-36)33-29-30-11-10-27(34-29)37-19-31-21-9-8-20(39-3)16-25(21)37;1-6-25(35)29-19-15-20(23(36-5)16-22(19)33(4)14-13-32(2)3)30-26-27-12-11-24(31-26)34-17-28-18-9-7-8-10-21(18)34/h2*5,8-11,16-19H,1,6-7,12-15H2,2-4H3,(H,32,38)(H,30,33,34);6-12,15-17H,1,13-14H2,2-5H3,(H,29,35)(H,27,30,31). The summed E-state index contributed by atoms with van der Waals surface area (Å²) < 4.78 is 33.5. The number of carbonyl (C=O) groups is 3. The molecule has 14 rings (SSSR count). The number of anilines is 12. The molecule has 32 nitrogen and oxygen atoms in total. The Morgan fingerprint density at radius 2 is 0.767 bits per heavy atom. The van der Waals surface area contributed by atoms with Crippen LogP contribution in [0.3, 0.4) is 0 Å². The molecule has 6 aromatic heterocycles. The van der Waals surface area contributed by atoms with Gasteiger partial charge in [0.1, 0.15) is 65.2 Å². The summed E-state index contributed by atoms with van der Waals surface area (Å²) in [5, 5.41) is 18.5. The van der Waals surface area contributed by atoms with Crippen LogP contribution < -0.4 is 70.3 Å². The van der Waals surface area contributed by atoms with Crippen molar-refractivity contribution in [3.8, 4) is 46.2 Å². The lowest BCUT2D eigenvalue weighted by molar-refractivity contribution is -0.112. The molecule has 0 saturated carbocycles. The van der Waals surface area contributed by atoms with E-state index in [1.54, 1.807) is 79.2 Å². The van der Waals surface area contributed by atoms with Gasteiger partial charge in [0.05, 0.1) is 120 Å². The van der Waals surface area contributed by atoms with Crippen LogP contribution in [0.25, 0.3) is 50.6 Å². The van der Waals surface area contributed by atoms with E-state index in [0.29, 0.717) is 86.7 Å². The molecule has 0 unspecified atom stereocenters. The molecule has 0 radical (unpaired) electrons. The van der Waals surface area contributed by atoms with Gasteiger partial charge in [-0.05, 0) is 157 Å². The van der Waals surface area contributed by atoms with E-state index in [0.717, 1.165) is 127 Å². The Balaban J connectivity index is 0.000000161. The Kier molecular flexibility index (Phi) is 27.3. The van der Waals surface area contributed by atoms with Crippen LogP contribution in [0, 0.1) is 0 Å². The number of aromatic nitrogens is 12. The topological polar surface area (TPSA) is 320 Å². The molecule has 12 aromatic rings. The molecule has 3 amide bonds. The van der Waals surface area contributed by atoms with E-state index in [4.69, 9.17) is 33.7 Å². The number of carbonyl (C=O) groups excluding carboxylic acids is 3. The highest BCUT2D eigenvalue weighted by atomic mass is 16.5. The summed E-state index contributed by atoms with van der Waals surface area (Å²) in [6.07, 6.45) is 18.9. The van der Waals surface area contributed by atoms with Crippen LogP contribution in [0.4, 0.5) is 69.0 Å². The van der Waals surface area contributed by atoms with Gasteiger partial charge in [-0.1, -0.05) is 31.9 Å². The second-order valence-corrected chi connectivity index (χ2v) is 27.6.